The minimum absolute atomic E-state index is 0.0824. The second kappa shape index (κ2) is 16.8. The molecule has 0 aliphatic carbocycles. The first-order chi connectivity index (χ1) is 22.3. The Morgan fingerprint density at radius 2 is 1.65 bits per heavy atom. The average molecular weight is 708 g/mol. The second-order valence-electron chi connectivity index (χ2n) is 15.2. The highest BCUT2D eigenvalue weighted by atomic mass is 28.4. The van der Waals surface area contributed by atoms with Crippen LogP contribution in [-0.4, -0.2) is 85.0 Å². The summed E-state index contributed by atoms with van der Waals surface area (Å²) in [4.78, 5) is 50.0. The Labute approximate surface area is 287 Å². The average Bonchev–Trinajstić information content (AvgIpc) is 3.58. The van der Waals surface area contributed by atoms with E-state index in [0.717, 1.165) is 0 Å². The molecule has 0 aromatic carbocycles. The predicted octanol–water partition coefficient (Wildman–Crippen LogP) is 6.52. The summed E-state index contributed by atoms with van der Waals surface area (Å²) < 4.78 is 32.2. The van der Waals surface area contributed by atoms with Crippen LogP contribution in [0, 0.1) is 0 Å². The number of hydrogen-bond acceptors (Lipinski definition) is 11. The summed E-state index contributed by atoms with van der Waals surface area (Å²) in [5.41, 5.74) is 1.32. The Kier molecular flexibility index (Phi) is 13.9. The van der Waals surface area contributed by atoms with E-state index in [2.05, 4.69) is 74.2 Å². The van der Waals surface area contributed by atoms with Crippen LogP contribution >= 0.6 is 0 Å². The number of carbonyl (C=O) groups excluding carboxylic acids is 3. The number of nitrogens with one attached hydrogen (secondary N) is 1. The molecule has 1 saturated heterocycles. The van der Waals surface area contributed by atoms with Gasteiger partial charge in [0, 0.05) is 19.3 Å². The molecule has 1 N–H and O–H groups in total. The van der Waals surface area contributed by atoms with Crippen LogP contribution < -0.4 is 5.32 Å². The van der Waals surface area contributed by atoms with Crippen molar-refractivity contribution in [1.82, 2.24) is 19.5 Å². The number of rotatable bonds is 17. The third-order valence-electron chi connectivity index (χ3n) is 8.98. The van der Waals surface area contributed by atoms with Crippen molar-refractivity contribution in [3.05, 3.63) is 12.7 Å². The molecule has 1 amide bonds. The maximum atomic E-state index is 12.8. The zero-order valence-electron chi connectivity index (χ0n) is 30.8. The van der Waals surface area contributed by atoms with Gasteiger partial charge in [-0.25, -0.2) is 15.0 Å². The molecule has 15 heteroatoms. The quantitative estimate of drug-likeness (QED) is 0.109. The van der Waals surface area contributed by atoms with Crippen LogP contribution in [0.4, 0.5) is 5.82 Å². The normalized spacial score (nSPS) is 18.9. The van der Waals surface area contributed by atoms with E-state index in [-0.39, 0.29) is 56.1 Å². The van der Waals surface area contributed by atoms with Gasteiger partial charge in [0.2, 0.25) is 5.91 Å². The van der Waals surface area contributed by atoms with Crippen molar-refractivity contribution in [2.75, 3.05) is 18.5 Å². The molecular formula is C33H57N5O8Si2. The van der Waals surface area contributed by atoms with Crippen LogP contribution in [0.2, 0.25) is 37.3 Å². The first kappa shape index (κ1) is 39.7. The van der Waals surface area contributed by atoms with Crippen molar-refractivity contribution in [1.29, 1.82) is 0 Å². The molecule has 3 rings (SSSR count). The van der Waals surface area contributed by atoms with Gasteiger partial charge in [0.25, 0.3) is 0 Å². The number of carbonyl (C=O) groups is 3. The maximum Gasteiger partial charge on any atom is 0.306 e. The minimum atomic E-state index is -1.99. The molecule has 1 unspecified atom stereocenters. The van der Waals surface area contributed by atoms with Crippen LogP contribution in [0.3, 0.4) is 0 Å². The first-order valence-corrected chi connectivity index (χ1v) is 23.1. The molecule has 1 aliphatic rings. The van der Waals surface area contributed by atoms with E-state index in [1.807, 2.05) is 25.3 Å². The van der Waals surface area contributed by atoms with E-state index in [1.165, 1.54) is 6.33 Å². The molecule has 2 aromatic heterocycles. The van der Waals surface area contributed by atoms with Gasteiger partial charge in [-0.05, 0) is 70.9 Å². The molecule has 48 heavy (non-hydrogen) atoms. The standard InChI is InChI=1S/C33H57N5O8Si2/c1-22(2)47(8,9)43-19-25-24(46-48(10,11)23(3)4)18-27(44-25)38-21-36-30-31(34-20-35-32(30)38)37-26(39)15-16-28(40)42-17-13-12-14-29(41)45-33(5,6)7/h20-25,27H,12-19H2,1-11H3,(H,34,35,37,39)/t24?,25-,27-/m1/s1. The fourth-order valence-corrected chi connectivity index (χ4v) is 6.95. The van der Waals surface area contributed by atoms with E-state index in [0.29, 0.717) is 48.1 Å². The number of amides is 1. The van der Waals surface area contributed by atoms with Gasteiger partial charge < -0.3 is 28.4 Å². The van der Waals surface area contributed by atoms with Crippen molar-refractivity contribution < 1.29 is 37.4 Å². The molecule has 1 fully saturated rings. The van der Waals surface area contributed by atoms with E-state index >= 15 is 0 Å². The minimum Gasteiger partial charge on any atom is -0.466 e. The maximum absolute atomic E-state index is 12.8. The summed E-state index contributed by atoms with van der Waals surface area (Å²) in [6.07, 6.45) is 4.03. The second-order valence-corrected chi connectivity index (χ2v) is 24.5. The highest BCUT2D eigenvalue weighted by Gasteiger charge is 2.43. The molecule has 13 nitrogen and oxygen atoms in total. The molecular weight excluding hydrogens is 651 g/mol. The van der Waals surface area contributed by atoms with Gasteiger partial charge in [0.15, 0.2) is 33.6 Å². The van der Waals surface area contributed by atoms with Gasteiger partial charge in [-0.3, -0.25) is 19.0 Å². The Hall–Kier alpha value is -2.73. The third-order valence-corrected chi connectivity index (χ3v) is 16.4. The Bertz CT molecular complexity index is 1390. The summed E-state index contributed by atoms with van der Waals surface area (Å²) in [6.45, 7) is 23.8. The van der Waals surface area contributed by atoms with Crippen molar-refractivity contribution >= 4 is 51.5 Å². The monoisotopic (exact) mass is 707 g/mol. The fraction of sp³-hybridized carbons (Fsp3) is 0.758. The van der Waals surface area contributed by atoms with Crippen molar-refractivity contribution in [2.45, 2.75) is 148 Å². The number of esters is 2. The van der Waals surface area contributed by atoms with Crippen LogP contribution in [0.5, 0.6) is 0 Å². The number of ether oxygens (including phenoxy) is 3. The van der Waals surface area contributed by atoms with Crippen LogP contribution in [0.15, 0.2) is 12.7 Å². The van der Waals surface area contributed by atoms with Crippen LogP contribution in [-0.2, 0) is 37.4 Å². The molecule has 0 radical (unpaired) electrons. The van der Waals surface area contributed by atoms with E-state index in [4.69, 9.17) is 23.1 Å². The number of anilines is 1. The zero-order chi connectivity index (χ0) is 35.9. The molecule has 2 aromatic rings. The van der Waals surface area contributed by atoms with Crippen LogP contribution in [0.25, 0.3) is 11.2 Å². The lowest BCUT2D eigenvalue weighted by molar-refractivity contribution is -0.155. The zero-order valence-corrected chi connectivity index (χ0v) is 32.8. The van der Waals surface area contributed by atoms with Crippen LogP contribution in [0.1, 0.15) is 93.2 Å². The number of unbranched alkanes of at least 4 members (excludes halogenated alkanes) is 1. The lowest BCUT2D eigenvalue weighted by Gasteiger charge is -2.34. The lowest BCUT2D eigenvalue weighted by Crippen LogP contribution is -2.44. The van der Waals surface area contributed by atoms with E-state index in [1.54, 1.807) is 6.33 Å². The lowest BCUT2D eigenvalue weighted by atomic mass is 10.2. The summed E-state index contributed by atoms with van der Waals surface area (Å²) in [6, 6.07) is 0. The molecule has 0 bridgehead atoms. The summed E-state index contributed by atoms with van der Waals surface area (Å²) in [5.74, 6) is -0.914. The van der Waals surface area contributed by atoms with Crippen molar-refractivity contribution in [2.24, 2.45) is 0 Å². The Balaban J connectivity index is 1.58. The smallest absolute Gasteiger partial charge is 0.306 e. The number of hydrogen-bond donors (Lipinski definition) is 1. The molecule has 1 aliphatic heterocycles. The molecule has 3 atom stereocenters. The topological polar surface area (TPSA) is 153 Å². The van der Waals surface area contributed by atoms with Gasteiger partial charge in [0.05, 0.1) is 32.1 Å². The van der Waals surface area contributed by atoms with Gasteiger partial charge in [-0.1, -0.05) is 27.7 Å². The van der Waals surface area contributed by atoms with Crippen molar-refractivity contribution in [3.63, 3.8) is 0 Å². The highest BCUT2D eigenvalue weighted by molar-refractivity contribution is 6.72. The number of fused-ring (bicyclic) bond motifs is 1. The van der Waals surface area contributed by atoms with Gasteiger partial charge >= 0.3 is 11.9 Å². The molecule has 0 spiro atoms. The number of imidazole rings is 1. The first-order valence-electron chi connectivity index (χ1n) is 17.1. The molecule has 0 saturated carbocycles. The van der Waals surface area contributed by atoms with E-state index < -0.39 is 34.1 Å². The largest absolute Gasteiger partial charge is 0.466 e. The van der Waals surface area contributed by atoms with Gasteiger partial charge in [-0.2, -0.15) is 0 Å². The molecule has 270 valence electrons. The molecule has 3 heterocycles. The fourth-order valence-electron chi connectivity index (χ4n) is 4.72. The van der Waals surface area contributed by atoms with Gasteiger partial charge in [-0.15, -0.1) is 0 Å². The third kappa shape index (κ3) is 11.7. The highest BCUT2D eigenvalue weighted by Crippen LogP contribution is 2.37. The van der Waals surface area contributed by atoms with Gasteiger partial charge in [0.1, 0.15) is 24.3 Å². The summed E-state index contributed by atoms with van der Waals surface area (Å²) >= 11 is 0. The number of aromatic nitrogens is 4. The summed E-state index contributed by atoms with van der Waals surface area (Å²) in [5, 5.41) is 2.76. The Morgan fingerprint density at radius 1 is 0.958 bits per heavy atom. The van der Waals surface area contributed by atoms with E-state index in [9.17, 15) is 14.4 Å². The Morgan fingerprint density at radius 3 is 2.29 bits per heavy atom. The predicted molar refractivity (Wildman–Crippen MR) is 188 cm³/mol. The SMILES string of the molecule is CC(C)[Si](C)(C)OC[C@H]1O[C@@H](n2cnc3c(NC(=O)CCC(=O)OCCCCC(=O)OC(C)(C)C)ncnc32)CC1O[Si](C)(C)C(C)C. The van der Waals surface area contributed by atoms with Crippen molar-refractivity contribution in [3.8, 4) is 0 Å². The number of nitrogens with zero attached hydrogens (tertiary/aromatic N) is 4. The summed E-state index contributed by atoms with van der Waals surface area (Å²) in [7, 11) is -3.89.